The maximum Gasteiger partial charge on any atom is 0.0843 e. The average molecular weight is 370 g/mol. The zero-order chi connectivity index (χ0) is 12.2. The van der Waals surface area contributed by atoms with E-state index in [0.717, 1.165) is 27.9 Å². The van der Waals surface area contributed by atoms with E-state index in [1.807, 2.05) is 0 Å². The molecule has 0 aliphatic carbocycles. The lowest BCUT2D eigenvalue weighted by Gasteiger charge is -2.20. The van der Waals surface area contributed by atoms with Gasteiger partial charge in [0.2, 0.25) is 0 Å². The van der Waals surface area contributed by atoms with Gasteiger partial charge in [-0.15, -0.1) is 11.3 Å². The van der Waals surface area contributed by atoms with Crippen molar-refractivity contribution in [3.63, 3.8) is 0 Å². The molecular formula is C11H18Br2N2S. The highest BCUT2D eigenvalue weighted by atomic mass is 79.9. The van der Waals surface area contributed by atoms with Crippen molar-refractivity contribution in [1.29, 1.82) is 0 Å². The number of halogens is 2. The van der Waals surface area contributed by atoms with Crippen LogP contribution in [0, 0.1) is 0 Å². The maximum absolute atomic E-state index is 3.50. The molecule has 0 radical (unpaired) electrons. The Morgan fingerprint density at radius 1 is 1.25 bits per heavy atom. The Bertz CT molecular complexity index is 312. The SMILES string of the molecule is CC(C)(C)NCCNCc1cc(Br)c(Br)s1. The number of thiophene rings is 1. The molecule has 1 rings (SSSR count). The molecule has 0 saturated heterocycles. The van der Waals surface area contributed by atoms with E-state index in [1.54, 1.807) is 11.3 Å². The Balaban J connectivity index is 2.16. The summed E-state index contributed by atoms with van der Waals surface area (Å²) in [7, 11) is 0. The zero-order valence-corrected chi connectivity index (χ0v) is 13.9. The quantitative estimate of drug-likeness (QED) is 0.772. The van der Waals surface area contributed by atoms with E-state index < -0.39 is 0 Å². The molecule has 0 spiro atoms. The Kier molecular flexibility index (Phi) is 5.94. The van der Waals surface area contributed by atoms with Crippen LogP contribution in [-0.2, 0) is 6.54 Å². The summed E-state index contributed by atoms with van der Waals surface area (Å²) in [4.78, 5) is 1.34. The lowest BCUT2D eigenvalue weighted by molar-refractivity contribution is 0.422. The van der Waals surface area contributed by atoms with Crippen molar-refractivity contribution in [3.8, 4) is 0 Å². The van der Waals surface area contributed by atoms with Gasteiger partial charge in [0.25, 0.3) is 0 Å². The molecule has 1 aromatic heterocycles. The van der Waals surface area contributed by atoms with Gasteiger partial charge in [0.1, 0.15) is 0 Å². The molecule has 0 aliphatic heterocycles. The number of rotatable bonds is 5. The molecule has 0 saturated carbocycles. The van der Waals surface area contributed by atoms with Crippen LogP contribution in [0.15, 0.2) is 14.3 Å². The van der Waals surface area contributed by atoms with Gasteiger partial charge in [0.15, 0.2) is 0 Å². The summed E-state index contributed by atoms with van der Waals surface area (Å²) in [5, 5.41) is 6.87. The Morgan fingerprint density at radius 2 is 1.94 bits per heavy atom. The van der Waals surface area contributed by atoms with Crippen molar-refractivity contribution in [2.75, 3.05) is 13.1 Å². The Hall–Kier alpha value is 0.580. The maximum atomic E-state index is 3.50. The van der Waals surface area contributed by atoms with Crippen LogP contribution in [-0.4, -0.2) is 18.6 Å². The van der Waals surface area contributed by atoms with Crippen LogP contribution in [0.3, 0.4) is 0 Å². The summed E-state index contributed by atoms with van der Waals surface area (Å²) in [6.45, 7) is 9.46. The largest absolute Gasteiger partial charge is 0.311 e. The fraction of sp³-hybridized carbons (Fsp3) is 0.636. The van der Waals surface area contributed by atoms with Gasteiger partial charge in [0, 0.05) is 34.5 Å². The van der Waals surface area contributed by atoms with E-state index in [9.17, 15) is 0 Å². The van der Waals surface area contributed by atoms with E-state index >= 15 is 0 Å². The highest BCUT2D eigenvalue weighted by Crippen LogP contribution is 2.32. The number of hydrogen-bond donors (Lipinski definition) is 2. The predicted molar refractivity (Wildman–Crippen MR) is 79.2 cm³/mol. The molecule has 1 aromatic rings. The third kappa shape index (κ3) is 5.77. The molecule has 1 heterocycles. The summed E-state index contributed by atoms with van der Waals surface area (Å²) < 4.78 is 2.30. The predicted octanol–water partition coefficient (Wildman–Crippen LogP) is 3.75. The van der Waals surface area contributed by atoms with E-state index in [1.165, 1.54) is 4.88 Å². The molecule has 0 bridgehead atoms. The van der Waals surface area contributed by atoms with E-state index in [4.69, 9.17) is 0 Å². The Morgan fingerprint density at radius 3 is 2.44 bits per heavy atom. The minimum Gasteiger partial charge on any atom is -0.311 e. The van der Waals surface area contributed by atoms with Gasteiger partial charge in [0.05, 0.1) is 3.79 Å². The van der Waals surface area contributed by atoms with Crippen LogP contribution in [0.4, 0.5) is 0 Å². The second-order valence-electron chi connectivity index (χ2n) is 4.69. The lowest BCUT2D eigenvalue weighted by Crippen LogP contribution is -2.40. The first-order valence-electron chi connectivity index (χ1n) is 5.28. The molecule has 0 amide bonds. The molecule has 16 heavy (non-hydrogen) atoms. The molecule has 5 heteroatoms. The van der Waals surface area contributed by atoms with Crippen molar-refractivity contribution in [2.45, 2.75) is 32.9 Å². The van der Waals surface area contributed by atoms with Crippen LogP contribution < -0.4 is 10.6 Å². The number of hydrogen-bond acceptors (Lipinski definition) is 3. The second-order valence-corrected chi connectivity index (χ2v) is 8.00. The molecule has 0 unspecified atom stereocenters. The smallest absolute Gasteiger partial charge is 0.0843 e. The molecule has 2 nitrogen and oxygen atoms in total. The first-order chi connectivity index (χ1) is 7.38. The molecule has 0 aliphatic rings. The molecule has 0 aromatic carbocycles. The van der Waals surface area contributed by atoms with Crippen molar-refractivity contribution in [2.24, 2.45) is 0 Å². The van der Waals surface area contributed by atoms with Crippen LogP contribution >= 0.6 is 43.2 Å². The molecule has 92 valence electrons. The van der Waals surface area contributed by atoms with Crippen LogP contribution in [0.1, 0.15) is 25.6 Å². The van der Waals surface area contributed by atoms with Gasteiger partial charge in [-0.1, -0.05) is 0 Å². The first kappa shape index (κ1) is 14.6. The summed E-state index contributed by atoms with van der Waals surface area (Å²) in [5.74, 6) is 0. The van der Waals surface area contributed by atoms with Gasteiger partial charge in [-0.05, 0) is 58.7 Å². The van der Waals surface area contributed by atoms with Gasteiger partial charge in [-0.25, -0.2) is 0 Å². The van der Waals surface area contributed by atoms with Gasteiger partial charge in [-0.3, -0.25) is 0 Å². The minimum atomic E-state index is 0.205. The molecular weight excluding hydrogens is 352 g/mol. The molecule has 0 fully saturated rings. The van der Waals surface area contributed by atoms with Crippen molar-refractivity contribution in [1.82, 2.24) is 10.6 Å². The topological polar surface area (TPSA) is 24.1 Å². The highest BCUT2D eigenvalue weighted by molar-refractivity contribution is 9.13. The lowest BCUT2D eigenvalue weighted by atomic mass is 10.1. The fourth-order valence-electron chi connectivity index (χ4n) is 1.22. The number of nitrogens with one attached hydrogen (secondary N) is 2. The highest BCUT2D eigenvalue weighted by Gasteiger charge is 2.07. The van der Waals surface area contributed by atoms with Crippen LogP contribution in [0.2, 0.25) is 0 Å². The van der Waals surface area contributed by atoms with E-state index in [-0.39, 0.29) is 5.54 Å². The Labute approximate surface area is 118 Å². The zero-order valence-electron chi connectivity index (χ0n) is 9.86. The summed E-state index contributed by atoms with van der Waals surface area (Å²) >= 11 is 8.75. The van der Waals surface area contributed by atoms with Crippen LogP contribution in [0.5, 0.6) is 0 Å². The summed E-state index contributed by atoms with van der Waals surface area (Å²) in [6, 6.07) is 2.15. The second kappa shape index (κ2) is 6.50. The van der Waals surface area contributed by atoms with E-state index in [2.05, 4.69) is 69.3 Å². The summed E-state index contributed by atoms with van der Waals surface area (Å²) in [5.41, 5.74) is 0.205. The fourth-order valence-corrected chi connectivity index (χ4v) is 3.36. The van der Waals surface area contributed by atoms with Crippen molar-refractivity contribution in [3.05, 3.63) is 19.2 Å². The van der Waals surface area contributed by atoms with Crippen molar-refractivity contribution >= 4 is 43.2 Å². The third-order valence-corrected chi connectivity index (χ3v) is 5.21. The minimum absolute atomic E-state index is 0.205. The van der Waals surface area contributed by atoms with E-state index in [0.29, 0.717) is 0 Å². The molecule has 2 N–H and O–H groups in total. The van der Waals surface area contributed by atoms with Gasteiger partial charge in [-0.2, -0.15) is 0 Å². The van der Waals surface area contributed by atoms with Crippen molar-refractivity contribution < 1.29 is 0 Å². The standard InChI is InChI=1S/C11H18Br2N2S/c1-11(2,3)15-5-4-14-7-8-6-9(12)10(13)16-8/h6,14-15H,4-5,7H2,1-3H3. The average Bonchev–Trinajstić information content (AvgIpc) is 2.44. The third-order valence-electron chi connectivity index (χ3n) is 1.95. The van der Waals surface area contributed by atoms with Crippen LogP contribution in [0.25, 0.3) is 0 Å². The first-order valence-corrected chi connectivity index (χ1v) is 7.68. The van der Waals surface area contributed by atoms with Gasteiger partial charge >= 0.3 is 0 Å². The summed E-state index contributed by atoms with van der Waals surface area (Å²) in [6.07, 6.45) is 0. The molecule has 0 atom stereocenters. The van der Waals surface area contributed by atoms with Gasteiger partial charge < -0.3 is 10.6 Å². The monoisotopic (exact) mass is 368 g/mol. The normalized spacial score (nSPS) is 12.1.